The first-order chi connectivity index (χ1) is 8.83. The summed E-state index contributed by atoms with van der Waals surface area (Å²) in [5.41, 5.74) is 5.67. The van der Waals surface area contributed by atoms with E-state index in [4.69, 9.17) is 5.73 Å². The van der Waals surface area contributed by atoms with E-state index in [2.05, 4.69) is 27.7 Å². The summed E-state index contributed by atoms with van der Waals surface area (Å²) in [6.45, 7) is 9.86. The Morgan fingerprint density at radius 2 is 1.47 bits per heavy atom. The van der Waals surface area contributed by atoms with Crippen molar-refractivity contribution in [3.63, 3.8) is 0 Å². The van der Waals surface area contributed by atoms with Crippen LogP contribution in [0.5, 0.6) is 0 Å². The van der Waals surface area contributed by atoms with Crippen molar-refractivity contribution in [3.8, 4) is 0 Å². The van der Waals surface area contributed by atoms with E-state index in [9.17, 15) is 5.11 Å². The molecule has 0 aromatic carbocycles. The van der Waals surface area contributed by atoms with E-state index in [1.807, 2.05) is 0 Å². The highest BCUT2D eigenvalue weighted by Gasteiger charge is 2.57. The zero-order valence-corrected chi connectivity index (χ0v) is 13.3. The number of aliphatic hydroxyl groups is 1. The second-order valence-corrected chi connectivity index (χ2v) is 8.01. The fourth-order valence-corrected chi connectivity index (χ4v) is 4.43. The molecule has 112 valence electrons. The molecular weight excluding hydrogens is 234 g/mol. The molecule has 3 N–H and O–H groups in total. The molecule has 2 rings (SSSR count). The monoisotopic (exact) mass is 267 g/mol. The Morgan fingerprint density at radius 1 is 1.00 bits per heavy atom. The molecule has 0 atom stereocenters. The van der Waals surface area contributed by atoms with E-state index < -0.39 is 5.60 Å². The Morgan fingerprint density at radius 3 is 1.84 bits per heavy atom. The smallest absolute Gasteiger partial charge is 0.0721 e. The van der Waals surface area contributed by atoms with Gasteiger partial charge in [0, 0.05) is 12.0 Å². The van der Waals surface area contributed by atoms with Gasteiger partial charge in [0.05, 0.1) is 5.60 Å². The van der Waals surface area contributed by atoms with Crippen LogP contribution < -0.4 is 5.73 Å². The van der Waals surface area contributed by atoms with Crippen LogP contribution in [0.4, 0.5) is 0 Å². The van der Waals surface area contributed by atoms with Crippen molar-refractivity contribution in [2.45, 2.75) is 71.8 Å². The highest BCUT2D eigenvalue weighted by molar-refractivity contribution is 5.09. The van der Waals surface area contributed by atoms with Crippen LogP contribution in [0, 0.1) is 29.1 Å². The molecule has 2 aliphatic rings. The first-order valence-electron chi connectivity index (χ1n) is 8.26. The lowest BCUT2D eigenvalue weighted by Gasteiger charge is -2.59. The molecule has 2 heteroatoms. The number of hydrogen-bond donors (Lipinski definition) is 2. The molecule has 0 aromatic rings. The maximum atomic E-state index is 11.0. The van der Waals surface area contributed by atoms with Crippen molar-refractivity contribution in [3.05, 3.63) is 0 Å². The normalized spacial score (nSPS) is 43.6. The fourth-order valence-electron chi connectivity index (χ4n) is 4.43. The third-order valence-corrected chi connectivity index (χ3v) is 6.45. The van der Waals surface area contributed by atoms with Crippen molar-refractivity contribution < 1.29 is 5.11 Å². The molecule has 0 radical (unpaired) electrons. The topological polar surface area (TPSA) is 46.2 Å². The van der Waals surface area contributed by atoms with Crippen LogP contribution in [0.2, 0.25) is 0 Å². The number of nitrogens with two attached hydrogens (primary N) is 1. The molecule has 2 nitrogen and oxygen atoms in total. The van der Waals surface area contributed by atoms with Crippen LogP contribution in [0.15, 0.2) is 0 Å². The summed E-state index contributed by atoms with van der Waals surface area (Å²) in [5.74, 6) is 3.01. The highest BCUT2D eigenvalue weighted by atomic mass is 16.3. The summed E-state index contributed by atoms with van der Waals surface area (Å²) >= 11 is 0. The van der Waals surface area contributed by atoms with Crippen molar-refractivity contribution >= 4 is 0 Å². The molecule has 2 fully saturated rings. The van der Waals surface area contributed by atoms with Crippen molar-refractivity contribution in [1.82, 2.24) is 0 Å². The van der Waals surface area contributed by atoms with E-state index in [0.717, 1.165) is 37.5 Å². The van der Waals surface area contributed by atoms with E-state index >= 15 is 0 Å². The zero-order valence-electron chi connectivity index (χ0n) is 13.3. The summed E-state index contributed by atoms with van der Waals surface area (Å²) in [7, 11) is 0. The second kappa shape index (κ2) is 5.37. The van der Waals surface area contributed by atoms with Gasteiger partial charge in [-0.15, -0.1) is 0 Å². The van der Waals surface area contributed by atoms with Crippen LogP contribution >= 0.6 is 0 Å². The van der Waals surface area contributed by atoms with Crippen molar-refractivity contribution in [2.24, 2.45) is 34.8 Å². The molecular formula is C17H33NO. The SMILES string of the molecule is CC(C)C1CCC(CN)(C2(O)CC(C(C)C)C2)CC1. The minimum Gasteiger partial charge on any atom is -0.389 e. The summed E-state index contributed by atoms with van der Waals surface area (Å²) < 4.78 is 0. The molecule has 0 unspecified atom stereocenters. The van der Waals surface area contributed by atoms with Gasteiger partial charge in [-0.2, -0.15) is 0 Å². The Hall–Kier alpha value is -0.0800. The first kappa shape index (κ1) is 15.3. The van der Waals surface area contributed by atoms with Gasteiger partial charge < -0.3 is 10.8 Å². The van der Waals surface area contributed by atoms with Gasteiger partial charge in [-0.3, -0.25) is 0 Å². The quantitative estimate of drug-likeness (QED) is 0.818. The Labute approximate surface area is 119 Å². The van der Waals surface area contributed by atoms with Crippen LogP contribution in [-0.2, 0) is 0 Å². The van der Waals surface area contributed by atoms with Gasteiger partial charge in [0.15, 0.2) is 0 Å². The largest absolute Gasteiger partial charge is 0.389 e. The summed E-state index contributed by atoms with van der Waals surface area (Å²) in [5, 5.41) is 11.0. The number of rotatable bonds is 4. The lowest BCUT2D eigenvalue weighted by atomic mass is 9.50. The fraction of sp³-hybridized carbons (Fsp3) is 1.00. The molecule has 2 aliphatic carbocycles. The van der Waals surface area contributed by atoms with Gasteiger partial charge in [-0.25, -0.2) is 0 Å². The van der Waals surface area contributed by atoms with E-state index in [1.54, 1.807) is 0 Å². The molecule has 19 heavy (non-hydrogen) atoms. The molecule has 0 bridgehead atoms. The average molecular weight is 267 g/mol. The molecule has 0 aromatic heterocycles. The molecule has 0 heterocycles. The summed E-state index contributed by atoms with van der Waals surface area (Å²) in [6, 6.07) is 0. The average Bonchev–Trinajstić information content (AvgIpc) is 2.34. The maximum Gasteiger partial charge on any atom is 0.0721 e. The van der Waals surface area contributed by atoms with E-state index in [0.29, 0.717) is 18.4 Å². The molecule has 0 aliphatic heterocycles. The summed E-state index contributed by atoms with van der Waals surface area (Å²) in [6.07, 6.45) is 6.73. The van der Waals surface area contributed by atoms with E-state index in [1.165, 1.54) is 12.8 Å². The minimum absolute atomic E-state index is 0.0176. The van der Waals surface area contributed by atoms with Gasteiger partial charge in [0.25, 0.3) is 0 Å². The highest BCUT2D eigenvalue weighted by Crippen LogP contribution is 2.57. The van der Waals surface area contributed by atoms with Gasteiger partial charge in [0.1, 0.15) is 0 Å². The third kappa shape index (κ3) is 2.58. The third-order valence-electron chi connectivity index (χ3n) is 6.45. The maximum absolute atomic E-state index is 11.0. The molecule has 0 amide bonds. The lowest BCUT2D eigenvalue weighted by Crippen LogP contribution is -2.61. The standard InChI is InChI=1S/C17H33NO/c1-12(2)14-5-7-16(11-18,8-6-14)17(19)9-15(10-17)13(3)4/h12-15,19H,5-11,18H2,1-4H3. The van der Waals surface area contributed by atoms with Gasteiger partial charge in [0.2, 0.25) is 0 Å². The van der Waals surface area contributed by atoms with Crippen LogP contribution in [0.3, 0.4) is 0 Å². The van der Waals surface area contributed by atoms with Gasteiger partial charge in [-0.1, -0.05) is 27.7 Å². The molecule has 0 saturated heterocycles. The Kier molecular flexibility index (Phi) is 4.32. The summed E-state index contributed by atoms with van der Waals surface area (Å²) in [4.78, 5) is 0. The lowest BCUT2D eigenvalue weighted by molar-refractivity contribution is -0.188. The molecule has 2 saturated carbocycles. The number of hydrogen-bond acceptors (Lipinski definition) is 2. The van der Waals surface area contributed by atoms with Gasteiger partial charge >= 0.3 is 0 Å². The van der Waals surface area contributed by atoms with Gasteiger partial charge in [-0.05, 0) is 62.2 Å². The first-order valence-corrected chi connectivity index (χ1v) is 8.26. The Bertz CT molecular complexity index is 296. The second-order valence-electron chi connectivity index (χ2n) is 8.01. The Balaban J connectivity index is 2.01. The van der Waals surface area contributed by atoms with Crippen molar-refractivity contribution in [1.29, 1.82) is 0 Å². The minimum atomic E-state index is -0.460. The molecule has 0 spiro atoms. The van der Waals surface area contributed by atoms with Crippen LogP contribution in [-0.4, -0.2) is 17.3 Å². The van der Waals surface area contributed by atoms with Crippen molar-refractivity contribution in [2.75, 3.05) is 6.54 Å². The van der Waals surface area contributed by atoms with Crippen LogP contribution in [0.1, 0.15) is 66.2 Å². The van der Waals surface area contributed by atoms with Crippen LogP contribution in [0.25, 0.3) is 0 Å². The predicted octanol–water partition coefficient (Wildman–Crippen LogP) is 3.57. The zero-order chi connectivity index (χ0) is 14.3. The van der Waals surface area contributed by atoms with E-state index in [-0.39, 0.29) is 5.41 Å². The predicted molar refractivity (Wildman–Crippen MR) is 80.8 cm³/mol.